The van der Waals surface area contributed by atoms with E-state index >= 15 is 0 Å². The van der Waals surface area contributed by atoms with Crippen molar-refractivity contribution in [1.29, 1.82) is 0 Å². The van der Waals surface area contributed by atoms with Crippen molar-refractivity contribution in [3.8, 4) is 11.1 Å². The first kappa shape index (κ1) is 24.6. The molecule has 8 heteroatoms. The van der Waals surface area contributed by atoms with Gasteiger partial charge in [0.1, 0.15) is 23.2 Å². The molecule has 176 valence electrons. The van der Waals surface area contributed by atoms with Crippen LogP contribution in [-0.4, -0.2) is 30.4 Å². The van der Waals surface area contributed by atoms with Crippen molar-refractivity contribution < 1.29 is 27.9 Å². The number of hydrogen-bond donors (Lipinski definition) is 2. The monoisotopic (exact) mass is 466 g/mol. The van der Waals surface area contributed by atoms with E-state index in [0.717, 1.165) is 29.3 Å². The summed E-state index contributed by atoms with van der Waals surface area (Å²) in [6, 6.07) is 18.4. The van der Waals surface area contributed by atoms with Crippen LogP contribution >= 0.6 is 0 Å². The number of hydrogen-bond acceptors (Lipinski definition) is 4. The molecule has 0 spiro atoms. The lowest BCUT2D eigenvalue weighted by molar-refractivity contribution is -0.150. The molecule has 0 aliphatic carbocycles. The van der Waals surface area contributed by atoms with Crippen LogP contribution in [0.15, 0.2) is 72.8 Å². The number of benzene rings is 3. The number of nitrogens with one attached hydrogen (secondary N) is 2. The Kier molecular flexibility index (Phi) is 8.08. The summed E-state index contributed by atoms with van der Waals surface area (Å²) in [4.78, 5) is 37.4. The van der Waals surface area contributed by atoms with Crippen molar-refractivity contribution in [2.45, 2.75) is 19.9 Å². The molecule has 0 bridgehead atoms. The molecular weight excluding hydrogens is 442 g/mol. The minimum atomic E-state index is -1.21. The van der Waals surface area contributed by atoms with Gasteiger partial charge in [0, 0.05) is 11.3 Å². The quantitative estimate of drug-likeness (QED) is 0.477. The molecule has 2 amide bonds. The number of ether oxygens (including phenoxy) is 1. The van der Waals surface area contributed by atoms with E-state index in [0.29, 0.717) is 5.69 Å². The highest BCUT2D eigenvalue weighted by atomic mass is 19.1. The number of anilines is 1. The van der Waals surface area contributed by atoms with E-state index in [-0.39, 0.29) is 0 Å². The highest BCUT2D eigenvalue weighted by Gasteiger charge is 2.29. The lowest BCUT2D eigenvalue weighted by atomic mass is 10.0. The summed E-state index contributed by atoms with van der Waals surface area (Å²) in [7, 11) is 0. The van der Waals surface area contributed by atoms with E-state index in [1.54, 1.807) is 26.0 Å². The summed E-state index contributed by atoms with van der Waals surface area (Å²) in [5.74, 6) is -5.13. The molecule has 2 N–H and O–H groups in total. The Balaban J connectivity index is 1.64. The average Bonchev–Trinajstić information content (AvgIpc) is 2.81. The molecule has 0 saturated heterocycles. The zero-order valence-corrected chi connectivity index (χ0v) is 18.7. The van der Waals surface area contributed by atoms with Gasteiger partial charge in [-0.15, -0.1) is 0 Å². The number of carbonyl (C=O) groups excluding carboxylic acids is 3. The molecule has 0 aromatic heterocycles. The second-order valence-corrected chi connectivity index (χ2v) is 7.86. The predicted molar refractivity (Wildman–Crippen MR) is 124 cm³/mol. The predicted octanol–water partition coefficient (Wildman–Crippen LogP) is 4.57. The normalized spacial score (nSPS) is 11.6. The standard InChI is InChI=1S/C26H24F2N2O4/c1-16(2)24(30-25(32)23-19(27)12-8-13-20(23)28)26(33)34-15-22(31)29-21-14-7-6-11-18(21)17-9-4-3-5-10-17/h3-14,16,24H,15H2,1-2H3,(H,29,31)(H,30,32)/t24-/m0/s1. The van der Waals surface area contributed by atoms with Crippen molar-refractivity contribution in [3.63, 3.8) is 0 Å². The highest BCUT2D eigenvalue weighted by molar-refractivity contribution is 5.99. The molecule has 34 heavy (non-hydrogen) atoms. The van der Waals surface area contributed by atoms with Crippen molar-refractivity contribution >= 4 is 23.5 Å². The first-order valence-corrected chi connectivity index (χ1v) is 10.6. The summed E-state index contributed by atoms with van der Waals surface area (Å²) in [5.41, 5.74) is 1.44. The number of rotatable bonds is 8. The van der Waals surface area contributed by atoms with Crippen molar-refractivity contribution in [3.05, 3.63) is 90.0 Å². The molecule has 0 saturated carbocycles. The summed E-state index contributed by atoms with van der Waals surface area (Å²) in [6.07, 6.45) is 0. The molecule has 0 aliphatic heterocycles. The molecule has 3 rings (SSSR count). The topological polar surface area (TPSA) is 84.5 Å². The van der Waals surface area contributed by atoms with Crippen LogP contribution in [-0.2, 0) is 14.3 Å². The largest absolute Gasteiger partial charge is 0.454 e. The molecular formula is C26H24F2N2O4. The van der Waals surface area contributed by atoms with Gasteiger partial charge in [-0.3, -0.25) is 9.59 Å². The Morgan fingerprint density at radius 3 is 2.12 bits per heavy atom. The fourth-order valence-electron chi connectivity index (χ4n) is 3.30. The van der Waals surface area contributed by atoms with E-state index in [9.17, 15) is 23.2 Å². The fraction of sp³-hybridized carbons (Fsp3) is 0.192. The number of esters is 1. The zero-order chi connectivity index (χ0) is 24.7. The SMILES string of the molecule is CC(C)[C@H](NC(=O)c1c(F)cccc1F)C(=O)OCC(=O)Nc1ccccc1-c1ccccc1. The van der Waals surface area contributed by atoms with Crippen LogP contribution in [0.4, 0.5) is 14.5 Å². The summed E-state index contributed by atoms with van der Waals surface area (Å²) < 4.78 is 32.9. The van der Waals surface area contributed by atoms with Crippen molar-refractivity contribution in [1.82, 2.24) is 5.32 Å². The second kappa shape index (κ2) is 11.2. The number of halogens is 2. The lowest BCUT2D eigenvalue weighted by Gasteiger charge is -2.21. The Morgan fingerprint density at radius 1 is 0.853 bits per heavy atom. The number of carbonyl (C=O) groups is 3. The maximum absolute atomic E-state index is 13.9. The maximum atomic E-state index is 13.9. The van der Waals surface area contributed by atoms with Gasteiger partial charge in [0.15, 0.2) is 6.61 Å². The van der Waals surface area contributed by atoms with E-state index in [4.69, 9.17) is 4.74 Å². The summed E-state index contributed by atoms with van der Waals surface area (Å²) in [5, 5.41) is 5.00. The van der Waals surface area contributed by atoms with Crippen LogP contribution in [0.3, 0.4) is 0 Å². The first-order valence-electron chi connectivity index (χ1n) is 10.6. The van der Waals surface area contributed by atoms with Crippen LogP contribution in [0, 0.1) is 17.6 Å². The third-order valence-electron chi connectivity index (χ3n) is 5.03. The molecule has 3 aromatic carbocycles. The van der Waals surface area contributed by atoms with E-state index < -0.39 is 53.5 Å². The second-order valence-electron chi connectivity index (χ2n) is 7.86. The third-order valence-corrected chi connectivity index (χ3v) is 5.03. The summed E-state index contributed by atoms with van der Waals surface area (Å²) >= 11 is 0. The molecule has 0 unspecified atom stereocenters. The van der Waals surface area contributed by atoms with Gasteiger partial charge in [0.25, 0.3) is 11.8 Å². The lowest BCUT2D eigenvalue weighted by Crippen LogP contribution is -2.46. The smallest absolute Gasteiger partial charge is 0.329 e. The summed E-state index contributed by atoms with van der Waals surface area (Å²) in [6.45, 7) is 2.65. The van der Waals surface area contributed by atoms with Crippen LogP contribution < -0.4 is 10.6 Å². The third kappa shape index (κ3) is 6.04. The van der Waals surface area contributed by atoms with Gasteiger partial charge in [-0.05, 0) is 29.7 Å². The Labute approximate surface area is 195 Å². The van der Waals surface area contributed by atoms with Gasteiger partial charge in [-0.25, -0.2) is 13.6 Å². The molecule has 3 aromatic rings. The molecule has 6 nitrogen and oxygen atoms in total. The molecule has 0 aliphatic rings. The fourth-order valence-corrected chi connectivity index (χ4v) is 3.30. The zero-order valence-electron chi connectivity index (χ0n) is 18.7. The molecule has 0 fully saturated rings. The van der Waals surface area contributed by atoms with Gasteiger partial charge >= 0.3 is 5.97 Å². The van der Waals surface area contributed by atoms with Crippen LogP contribution in [0.5, 0.6) is 0 Å². The number of amides is 2. The van der Waals surface area contributed by atoms with Gasteiger partial charge < -0.3 is 15.4 Å². The van der Waals surface area contributed by atoms with E-state index in [1.165, 1.54) is 0 Å². The van der Waals surface area contributed by atoms with Crippen LogP contribution in [0.25, 0.3) is 11.1 Å². The van der Waals surface area contributed by atoms with Gasteiger partial charge in [-0.1, -0.05) is 68.4 Å². The molecule has 0 heterocycles. The highest BCUT2D eigenvalue weighted by Crippen LogP contribution is 2.27. The minimum absolute atomic E-state index is 0.465. The Bertz CT molecular complexity index is 1160. The Morgan fingerprint density at radius 2 is 1.47 bits per heavy atom. The van der Waals surface area contributed by atoms with Gasteiger partial charge in [-0.2, -0.15) is 0 Å². The van der Waals surface area contributed by atoms with Crippen molar-refractivity contribution in [2.24, 2.45) is 5.92 Å². The molecule has 1 atom stereocenters. The molecule has 0 radical (unpaired) electrons. The Hall–Kier alpha value is -4.07. The van der Waals surface area contributed by atoms with Gasteiger partial charge in [0.05, 0.1) is 0 Å². The van der Waals surface area contributed by atoms with E-state index in [2.05, 4.69) is 10.6 Å². The van der Waals surface area contributed by atoms with Crippen molar-refractivity contribution in [2.75, 3.05) is 11.9 Å². The maximum Gasteiger partial charge on any atom is 0.329 e. The van der Waals surface area contributed by atoms with Crippen LogP contribution in [0.1, 0.15) is 24.2 Å². The van der Waals surface area contributed by atoms with E-state index in [1.807, 2.05) is 42.5 Å². The van der Waals surface area contributed by atoms with Gasteiger partial charge in [0.2, 0.25) is 0 Å². The average molecular weight is 466 g/mol. The van der Waals surface area contributed by atoms with Crippen LogP contribution in [0.2, 0.25) is 0 Å². The first-order chi connectivity index (χ1) is 16.3. The minimum Gasteiger partial charge on any atom is -0.454 e. The number of para-hydroxylation sites is 1.